The minimum atomic E-state index is 0.579. The van der Waals surface area contributed by atoms with Gasteiger partial charge in [0.25, 0.3) is 0 Å². The van der Waals surface area contributed by atoms with Crippen molar-refractivity contribution in [3.05, 3.63) is 35.5 Å². The molecule has 1 N–H and O–H groups in total. The van der Waals surface area contributed by atoms with Crippen LogP contribution in [0, 0.1) is 0 Å². The average molecular weight is 279 g/mol. The van der Waals surface area contributed by atoms with Crippen LogP contribution in [-0.4, -0.2) is 22.5 Å². The summed E-state index contributed by atoms with van der Waals surface area (Å²) in [6.07, 6.45) is 4.25. The molecule has 1 aliphatic rings. The highest BCUT2D eigenvalue weighted by Gasteiger charge is 2.14. The summed E-state index contributed by atoms with van der Waals surface area (Å²) in [5.74, 6) is 2.50. The zero-order valence-corrected chi connectivity index (χ0v) is 11.6. The molecular formula is C14H15ClN2S. The first-order valence-corrected chi connectivity index (χ1v) is 7.75. The van der Waals surface area contributed by atoms with Gasteiger partial charge >= 0.3 is 0 Å². The molecule has 2 aromatic rings. The molecule has 1 fully saturated rings. The summed E-state index contributed by atoms with van der Waals surface area (Å²) in [5, 5.41) is 5.47. The Morgan fingerprint density at radius 3 is 2.89 bits per heavy atom. The second-order valence-corrected chi connectivity index (χ2v) is 6.16. The number of benzene rings is 1. The Bertz CT molecular complexity index is 552. The molecule has 1 aromatic heterocycles. The summed E-state index contributed by atoms with van der Waals surface area (Å²) in [6.45, 7) is 0. The maximum Gasteiger partial charge on any atom is 0.0908 e. The molecule has 1 aromatic carbocycles. The highest BCUT2D eigenvalue weighted by Crippen LogP contribution is 2.30. The Balaban J connectivity index is 1.94. The van der Waals surface area contributed by atoms with Crippen molar-refractivity contribution in [2.24, 2.45) is 0 Å². The molecular weight excluding hydrogens is 264 g/mol. The van der Waals surface area contributed by atoms with Gasteiger partial charge in [-0.1, -0.05) is 11.6 Å². The van der Waals surface area contributed by atoms with Crippen LogP contribution in [0.3, 0.4) is 0 Å². The second-order valence-electron chi connectivity index (χ2n) is 4.53. The van der Waals surface area contributed by atoms with Crippen LogP contribution in [0.15, 0.2) is 30.5 Å². The van der Waals surface area contributed by atoms with Gasteiger partial charge in [0.2, 0.25) is 0 Å². The van der Waals surface area contributed by atoms with E-state index in [1.54, 1.807) is 6.20 Å². The quantitative estimate of drug-likeness (QED) is 0.891. The zero-order chi connectivity index (χ0) is 12.4. The fourth-order valence-electron chi connectivity index (χ4n) is 2.33. The number of halogens is 1. The Labute approximate surface area is 116 Å². The molecule has 0 bridgehead atoms. The van der Waals surface area contributed by atoms with Crippen LogP contribution in [0.2, 0.25) is 5.02 Å². The monoisotopic (exact) mass is 278 g/mol. The Morgan fingerprint density at radius 2 is 2.06 bits per heavy atom. The van der Waals surface area contributed by atoms with E-state index in [9.17, 15) is 0 Å². The fourth-order valence-corrected chi connectivity index (χ4v) is 3.65. The summed E-state index contributed by atoms with van der Waals surface area (Å²) in [6, 6.07) is 8.61. The molecule has 94 valence electrons. The summed E-state index contributed by atoms with van der Waals surface area (Å²) in [5.41, 5.74) is 2.04. The van der Waals surface area contributed by atoms with E-state index in [1.165, 1.54) is 24.3 Å². The first-order chi connectivity index (χ1) is 8.84. The number of thioether (sulfide) groups is 1. The number of aromatic nitrogens is 1. The van der Waals surface area contributed by atoms with Crippen LogP contribution >= 0.6 is 23.4 Å². The molecule has 2 nitrogen and oxygen atoms in total. The molecule has 0 atom stereocenters. The van der Waals surface area contributed by atoms with Crippen LogP contribution in [0.25, 0.3) is 10.9 Å². The molecule has 3 rings (SSSR count). The Hall–Kier alpha value is -0.930. The number of pyridine rings is 1. The topological polar surface area (TPSA) is 24.9 Å². The van der Waals surface area contributed by atoms with Gasteiger partial charge in [0.15, 0.2) is 0 Å². The molecule has 0 amide bonds. The lowest BCUT2D eigenvalue weighted by atomic mass is 10.1. The van der Waals surface area contributed by atoms with Gasteiger partial charge in [0.1, 0.15) is 0 Å². The maximum atomic E-state index is 6.18. The molecule has 18 heavy (non-hydrogen) atoms. The number of rotatable bonds is 2. The summed E-state index contributed by atoms with van der Waals surface area (Å²) in [7, 11) is 0. The second kappa shape index (κ2) is 5.37. The van der Waals surface area contributed by atoms with Crippen molar-refractivity contribution in [3.8, 4) is 0 Å². The number of hydrogen-bond donors (Lipinski definition) is 1. The predicted octanol–water partition coefficient (Wildman–Crippen LogP) is 4.20. The minimum Gasteiger partial charge on any atom is -0.382 e. The van der Waals surface area contributed by atoms with E-state index < -0.39 is 0 Å². The van der Waals surface area contributed by atoms with E-state index in [-0.39, 0.29) is 0 Å². The van der Waals surface area contributed by atoms with E-state index in [4.69, 9.17) is 11.6 Å². The number of fused-ring (bicyclic) bond motifs is 1. The first kappa shape index (κ1) is 12.1. The molecule has 1 aliphatic heterocycles. The van der Waals surface area contributed by atoms with Crippen LogP contribution < -0.4 is 5.32 Å². The van der Waals surface area contributed by atoms with Gasteiger partial charge in [0.05, 0.1) is 10.5 Å². The van der Waals surface area contributed by atoms with Gasteiger partial charge in [-0.2, -0.15) is 11.8 Å². The minimum absolute atomic E-state index is 0.579. The normalized spacial score (nSPS) is 16.9. The number of nitrogens with one attached hydrogen (secondary N) is 1. The van der Waals surface area contributed by atoms with Gasteiger partial charge in [-0.15, -0.1) is 0 Å². The Morgan fingerprint density at radius 1 is 1.22 bits per heavy atom. The number of hydrogen-bond acceptors (Lipinski definition) is 3. The van der Waals surface area contributed by atoms with E-state index in [0.29, 0.717) is 6.04 Å². The summed E-state index contributed by atoms with van der Waals surface area (Å²) < 4.78 is 0. The highest BCUT2D eigenvalue weighted by atomic mass is 35.5. The Kier molecular flexibility index (Phi) is 3.62. The summed E-state index contributed by atoms with van der Waals surface area (Å²) >= 11 is 8.22. The number of nitrogens with zero attached hydrogens (tertiary/aromatic N) is 1. The summed E-state index contributed by atoms with van der Waals surface area (Å²) in [4.78, 5) is 4.36. The maximum absolute atomic E-state index is 6.18. The van der Waals surface area contributed by atoms with Crippen molar-refractivity contribution >= 4 is 40.0 Å². The molecule has 0 aliphatic carbocycles. The highest BCUT2D eigenvalue weighted by molar-refractivity contribution is 7.99. The van der Waals surface area contributed by atoms with Gasteiger partial charge in [-0.25, -0.2) is 0 Å². The van der Waals surface area contributed by atoms with Crippen LogP contribution in [0.1, 0.15) is 12.8 Å². The lowest BCUT2D eigenvalue weighted by Gasteiger charge is -2.24. The van der Waals surface area contributed by atoms with E-state index in [0.717, 1.165) is 21.6 Å². The van der Waals surface area contributed by atoms with Crippen molar-refractivity contribution < 1.29 is 0 Å². The zero-order valence-electron chi connectivity index (χ0n) is 10.0. The van der Waals surface area contributed by atoms with Gasteiger partial charge in [0, 0.05) is 23.3 Å². The molecule has 0 radical (unpaired) electrons. The van der Waals surface area contributed by atoms with Gasteiger partial charge in [-0.3, -0.25) is 4.98 Å². The van der Waals surface area contributed by atoms with Crippen molar-refractivity contribution in [2.75, 3.05) is 16.8 Å². The average Bonchev–Trinajstić information content (AvgIpc) is 2.44. The standard InChI is InChI=1S/C14H15ClN2S/c15-12-3-4-13(11-2-1-7-16-14(11)12)17-10-5-8-18-9-6-10/h1-4,7,10,17H,5-6,8-9H2. The largest absolute Gasteiger partial charge is 0.382 e. The van der Waals surface area contributed by atoms with Crippen LogP contribution in [0.5, 0.6) is 0 Å². The third-order valence-corrected chi connectivity index (χ3v) is 4.66. The molecule has 2 heterocycles. The third-order valence-electron chi connectivity index (χ3n) is 3.30. The van der Waals surface area contributed by atoms with Crippen LogP contribution in [-0.2, 0) is 0 Å². The van der Waals surface area contributed by atoms with E-state index in [1.807, 2.05) is 23.9 Å². The van der Waals surface area contributed by atoms with Crippen LogP contribution in [0.4, 0.5) is 5.69 Å². The number of anilines is 1. The predicted molar refractivity (Wildman–Crippen MR) is 80.7 cm³/mol. The van der Waals surface area contributed by atoms with Gasteiger partial charge in [-0.05, 0) is 48.6 Å². The van der Waals surface area contributed by atoms with E-state index in [2.05, 4.69) is 22.4 Å². The van der Waals surface area contributed by atoms with E-state index >= 15 is 0 Å². The SMILES string of the molecule is Clc1ccc(NC2CCSCC2)c2cccnc12. The lowest BCUT2D eigenvalue weighted by molar-refractivity contribution is 0.667. The molecule has 0 saturated carbocycles. The molecule has 0 unspecified atom stereocenters. The first-order valence-electron chi connectivity index (χ1n) is 6.22. The van der Waals surface area contributed by atoms with Crippen molar-refractivity contribution in [1.82, 2.24) is 4.98 Å². The van der Waals surface area contributed by atoms with Crippen molar-refractivity contribution in [3.63, 3.8) is 0 Å². The molecule has 4 heteroatoms. The third kappa shape index (κ3) is 2.43. The molecule has 0 spiro atoms. The van der Waals surface area contributed by atoms with Crippen molar-refractivity contribution in [1.29, 1.82) is 0 Å². The lowest BCUT2D eigenvalue weighted by Crippen LogP contribution is -2.24. The molecule has 1 saturated heterocycles. The van der Waals surface area contributed by atoms with Gasteiger partial charge < -0.3 is 5.32 Å². The fraction of sp³-hybridized carbons (Fsp3) is 0.357. The van der Waals surface area contributed by atoms with Crippen molar-refractivity contribution in [2.45, 2.75) is 18.9 Å². The smallest absolute Gasteiger partial charge is 0.0908 e.